The summed E-state index contributed by atoms with van der Waals surface area (Å²) in [6.07, 6.45) is 4.62. The highest BCUT2D eigenvalue weighted by atomic mass is 16.6. The molecule has 0 atom stereocenters. The van der Waals surface area contributed by atoms with Gasteiger partial charge in [-0.25, -0.2) is 5.43 Å². The molecule has 27 heavy (non-hydrogen) atoms. The van der Waals surface area contributed by atoms with Crippen molar-refractivity contribution in [2.24, 2.45) is 5.10 Å². The quantitative estimate of drug-likeness (QED) is 0.427. The van der Waals surface area contributed by atoms with Gasteiger partial charge in [0.1, 0.15) is 0 Å². The maximum Gasteiger partial charge on any atom is 0.271 e. The van der Waals surface area contributed by atoms with E-state index in [1.54, 1.807) is 30.5 Å². The molecule has 0 aliphatic rings. The first kappa shape index (κ1) is 18.0. The summed E-state index contributed by atoms with van der Waals surface area (Å²) >= 11 is 0. The Kier molecular flexibility index (Phi) is 5.07. The van der Waals surface area contributed by atoms with E-state index in [9.17, 15) is 14.9 Å². The van der Waals surface area contributed by atoms with Gasteiger partial charge in [0.25, 0.3) is 11.6 Å². The number of pyridine rings is 1. The number of nitro benzene ring substituents is 1. The second-order valence-corrected chi connectivity index (χ2v) is 5.87. The Bertz CT molecular complexity index is 1030. The van der Waals surface area contributed by atoms with Crippen LogP contribution in [0.5, 0.6) is 0 Å². The Labute approximate surface area is 155 Å². The molecule has 3 aromatic rings. The molecule has 0 bridgehead atoms. The summed E-state index contributed by atoms with van der Waals surface area (Å²) in [4.78, 5) is 26.4. The third kappa shape index (κ3) is 3.90. The van der Waals surface area contributed by atoms with Crippen molar-refractivity contribution in [1.82, 2.24) is 15.0 Å². The molecule has 0 fully saturated rings. The van der Waals surface area contributed by atoms with Gasteiger partial charge < -0.3 is 4.57 Å². The van der Waals surface area contributed by atoms with Gasteiger partial charge in [-0.15, -0.1) is 0 Å². The molecule has 8 heteroatoms. The molecule has 0 radical (unpaired) electrons. The molecule has 2 heterocycles. The number of aryl methyl sites for hydroxylation is 1. The van der Waals surface area contributed by atoms with Crippen molar-refractivity contribution in [3.05, 3.63) is 87.5 Å². The number of nitrogens with one attached hydrogen (secondary N) is 1. The van der Waals surface area contributed by atoms with E-state index in [-0.39, 0.29) is 11.6 Å². The van der Waals surface area contributed by atoms with Crippen LogP contribution in [0.4, 0.5) is 5.69 Å². The zero-order valence-corrected chi connectivity index (χ0v) is 14.8. The number of aromatic nitrogens is 2. The van der Waals surface area contributed by atoms with Crippen molar-refractivity contribution in [3.63, 3.8) is 0 Å². The number of benzene rings is 1. The van der Waals surface area contributed by atoms with Crippen LogP contribution in [0.25, 0.3) is 5.69 Å². The maximum atomic E-state index is 12.0. The minimum atomic E-state index is -0.422. The van der Waals surface area contributed by atoms with Gasteiger partial charge in [0.2, 0.25) is 0 Å². The minimum absolute atomic E-state index is 0.0276. The van der Waals surface area contributed by atoms with E-state index in [1.807, 2.05) is 24.5 Å². The third-order valence-corrected chi connectivity index (χ3v) is 4.08. The first-order valence-electron chi connectivity index (χ1n) is 8.14. The zero-order chi connectivity index (χ0) is 19.4. The van der Waals surface area contributed by atoms with Crippen LogP contribution in [0.15, 0.2) is 60.0 Å². The van der Waals surface area contributed by atoms with Crippen LogP contribution in [0.3, 0.4) is 0 Å². The highest BCUT2D eigenvalue weighted by molar-refractivity contribution is 5.94. The van der Waals surface area contributed by atoms with Crippen LogP contribution in [0.1, 0.15) is 27.3 Å². The van der Waals surface area contributed by atoms with Crippen molar-refractivity contribution >= 4 is 17.8 Å². The van der Waals surface area contributed by atoms with Crippen molar-refractivity contribution in [3.8, 4) is 5.69 Å². The summed E-state index contributed by atoms with van der Waals surface area (Å²) < 4.78 is 1.90. The lowest BCUT2D eigenvalue weighted by Crippen LogP contribution is -2.17. The van der Waals surface area contributed by atoms with E-state index in [2.05, 4.69) is 15.5 Å². The summed E-state index contributed by atoms with van der Waals surface area (Å²) in [5, 5.41) is 15.0. The molecular weight excluding hydrogens is 346 g/mol. The van der Waals surface area contributed by atoms with Gasteiger partial charge in [0.15, 0.2) is 0 Å². The Balaban J connectivity index is 1.83. The van der Waals surface area contributed by atoms with Crippen LogP contribution in [-0.2, 0) is 0 Å². The largest absolute Gasteiger partial charge is 0.318 e. The maximum absolute atomic E-state index is 12.0. The number of carbonyl (C=O) groups excluding carboxylic acids is 1. The fraction of sp³-hybridized carbons (Fsp3) is 0.105. The Morgan fingerprint density at radius 3 is 2.67 bits per heavy atom. The van der Waals surface area contributed by atoms with E-state index >= 15 is 0 Å². The number of nitro groups is 1. The normalized spacial score (nSPS) is 10.9. The Morgan fingerprint density at radius 1 is 1.22 bits per heavy atom. The molecule has 0 aliphatic heterocycles. The second kappa shape index (κ2) is 7.61. The minimum Gasteiger partial charge on any atom is -0.318 e. The summed E-state index contributed by atoms with van der Waals surface area (Å²) in [5.41, 5.74) is 6.21. The zero-order valence-electron chi connectivity index (χ0n) is 14.8. The Morgan fingerprint density at radius 2 is 1.96 bits per heavy atom. The van der Waals surface area contributed by atoms with Crippen LogP contribution >= 0.6 is 0 Å². The lowest BCUT2D eigenvalue weighted by Gasteiger charge is -2.09. The van der Waals surface area contributed by atoms with Crippen LogP contribution in [0.2, 0.25) is 0 Å². The van der Waals surface area contributed by atoms with Gasteiger partial charge in [0.05, 0.1) is 16.8 Å². The number of amides is 1. The van der Waals surface area contributed by atoms with Crippen molar-refractivity contribution < 1.29 is 9.72 Å². The second-order valence-electron chi connectivity index (χ2n) is 5.87. The molecule has 0 spiro atoms. The van der Waals surface area contributed by atoms with Gasteiger partial charge in [-0.05, 0) is 38.1 Å². The van der Waals surface area contributed by atoms with Gasteiger partial charge in [-0.3, -0.25) is 19.9 Å². The summed E-state index contributed by atoms with van der Waals surface area (Å²) in [6, 6.07) is 11.5. The van der Waals surface area contributed by atoms with Crippen molar-refractivity contribution in [2.45, 2.75) is 13.8 Å². The number of hydrazone groups is 1. The predicted octanol–water partition coefficient (Wildman–Crippen LogP) is 3.16. The summed E-state index contributed by atoms with van der Waals surface area (Å²) in [5.74, 6) is -0.332. The van der Waals surface area contributed by atoms with Crippen LogP contribution in [0, 0.1) is 24.0 Å². The Hall–Kier alpha value is -3.81. The highest BCUT2D eigenvalue weighted by Crippen LogP contribution is 2.23. The molecule has 1 amide bonds. The van der Waals surface area contributed by atoms with E-state index in [0.717, 1.165) is 17.0 Å². The number of hydrogen-bond donors (Lipinski definition) is 1. The third-order valence-electron chi connectivity index (χ3n) is 4.08. The average Bonchev–Trinajstić information content (AvgIpc) is 2.96. The fourth-order valence-corrected chi connectivity index (χ4v) is 2.79. The molecular formula is C19H17N5O3. The van der Waals surface area contributed by atoms with E-state index in [1.165, 1.54) is 24.5 Å². The van der Waals surface area contributed by atoms with E-state index < -0.39 is 4.92 Å². The van der Waals surface area contributed by atoms with Gasteiger partial charge in [-0.2, -0.15) is 5.10 Å². The SMILES string of the molecule is Cc1cc(/C=N\NC(=O)c2ccncc2)c(C)n1-c1cccc([N+](=O)[O-])c1. The number of non-ortho nitro benzene ring substituents is 1. The molecule has 1 N–H and O–H groups in total. The molecule has 8 nitrogen and oxygen atoms in total. The first-order valence-corrected chi connectivity index (χ1v) is 8.14. The number of hydrogen-bond acceptors (Lipinski definition) is 5. The molecule has 0 aliphatic carbocycles. The standard InChI is InChI=1S/C19H17N5O3/c1-13-10-16(12-21-22-19(25)15-6-8-20-9-7-15)14(2)23(13)17-4-3-5-18(11-17)24(26)27/h3-12H,1-2H3,(H,22,25)/b21-12-. The first-order chi connectivity index (χ1) is 13.0. The van der Waals surface area contributed by atoms with Gasteiger partial charge >= 0.3 is 0 Å². The molecule has 0 saturated carbocycles. The number of rotatable bonds is 5. The van der Waals surface area contributed by atoms with Crippen LogP contribution in [-0.4, -0.2) is 26.6 Å². The van der Waals surface area contributed by atoms with E-state index in [4.69, 9.17) is 0 Å². The van der Waals surface area contributed by atoms with Crippen LogP contribution < -0.4 is 5.43 Å². The predicted molar refractivity (Wildman–Crippen MR) is 101 cm³/mol. The molecule has 1 aromatic carbocycles. The molecule has 0 saturated heterocycles. The number of carbonyl (C=O) groups is 1. The number of nitrogens with zero attached hydrogens (tertiary/aromatic N) is 4. The topological polar surface area (TPSA) is 102 Å². The van der Waals surface area contributed by atoms with Gasteiger partial charge in [-0.1, -0.05) is 6.07 Å². The summed E-state index contributed by atoms with van der Waals surface area (Å²) in [6.45, 7) is 3.79. The lowest BCUT2D eigenvalue weighted by molar-refractivity contribution is -0.384. The lowest BCUT2D eigenvalue weighted by atomic mass is 10.2. The average molecular weight is 363 g/mol. The highest BCUT2D eigenvalue weighted by Gasteiger charge is 2.13. The molecule has 2 aromatic heterocycles. The molecule has 3 rings (SSSR count). The fourth-order valence-electron chi connectivity index (χ4n) is 2.79. The monoisotopic (exact) mass is 363 g/mol. The van der Waals surface area contributed by atoms with Gasteiger partial charge in [0, 0.05) is 47.0 Å². The summed E-state index contributed by atoms with van der Waals surface area (Å²) in [7, 11) is 0. The van der Waals surface area contributed by atoms with Crippen molar-refractivity contribution in [1.29, 1.82) is 0 Å². The van der Waals surface area contributed by atoms with E-state index in [0.29, 0.717) is 11.3 Å². The molecule has 0 unspecified atom stereocenters. The smallest absolute Gasteiger partial charge is 0.271 e. The van der Waals surface area contributed by atoms with Crippen molar-refractivity contribution in [2.75, 3.05) is 0 Å². The molecule has 136 valence electrons.